The molecule has 40 heavy (non-hydrogen) atoms. The number of anilines is 1. The molecule has 6 nitrogen and oxygen atoms in total. The fourth-order valence-corrected chi connectivity index (χ4v) is 5.47. The zero-order valence-corrected chi connectivity index (χ0v) is 22.6. The van der Waals surface area contributed by atoms with E-state index in [0.29, 0.717) is 5.56 Å². The maximum Gasteiger partial charge on any atom is 0.271 e. The highest BCUT2D eigenvalue weighted by Gasteiger charge is 2.19. The predicted octanol–water partition coefficient (Wildman–Crippen LogP) is 6.09. The van der Waals surface area contributed by atoms with Crippen LogP contribution in [0, 0.1) is 0 Å². The van der Waals surface area contributed by atoms with Gasteiger partial charge in [0.25, 0.3) is 5.91 Å². The van der Waals surface area contributed by atoms with Gasteiger partial charge in [-0.3, -0.25) is 9.69 Å². The minimum Gasteiger partial charge on any atom is -0.495 e. The Hall–Kier alpha value is -4.68. The zero-order valence-electron chi connectivity index (χ0n) is 22.6. The molecule has 1 N–H and O–H groups in total. The van der Waals surface area contributed by atoms with Crippen molar-refractivity contribution in [2.75, 3.05) is 38.2 Å². The third-order valence-electron chi connectivity index (χ3n) is 7.59. The number of ether oxygens (including phenoxy) is 1. The number of carbonyl (C=O) groups excluding carboxylic acids is 1. The highest BCUT2D eigenvalue weighted by Crippen LogP contribution is 2.29. The third kappa shape index (κ3) is 5.40. The summed E-state index contributed by atoms with van der Waals surface area (Å²) < 4.78 is 5.54. The van der Waals surface area contributed by atoms with E-state index in [0.717, 1.165) is 71.3 Å². The van der Waals surface area contributed by atoms with Crippen LogP contribution in [0.1, 0.15) is 21.5 Å². The molecule has 200 valence electrons. The number of nitrogens with zero attached hydrogens (tertiary/aromatic N) is 3. The Kier molecular flexibility index (Phi) is 7.42. The molecule has 0 saturated carbocycles. The van der Waals surface area contributed by atoms with Gasteiger partial charge >= 0.3 is 0 Å². The first-order valence-electron chi connectivity index (χ1n) is 13.6. The Morgan fingerprint density at radius 1 is 0.825 bits per heavy atom. The van der Waals surface area contributed by atoms with E-state index in [-0.39, 0.29) is 5.91 Å². The Bertz CT molecular complexity index is 1620. The molecule has 6 rings (SSSR count). The number of para-hydroxylation sites is 2. The lowest BCUT2D eigenvalue weighted by Crippen LogP contribution is -2.46. The summed E-state index contributed by atoms with van der Waals surface area (Å²) in [6.07, 6.45) is 1.75. The molecular formula is C34H32N4O2. The molecule has 5 aromatic rings. The van der Waals surface area contributed by atoms with Crippen LogP contribution in [-0.4, -0.2) is 50.3 Å². The van der Waals surface area contributed by atoms with E-state index in [4.69, 9.17) is 4.74 Å². The summed E-state index contributed by atoms with van der Waals surface area (Å²) in [5.41, 5.74) is 6.63. The summed E-state index contributed by atoms with van der Waals surface area (Å²) in [5.74, 6) is 0.692. The predicted molar refractivity (Wildman–Crippen MR) is 163 cm³/mol. The average molecular weight is 529 g/mol. The van der Waals surface area contributed by atoms with E-state index in [1.54, 1.807) is 13.3 Å². The molecule has 0 radical (unpaired) electrons. The Morgan fingerprint density at radius 2 is 1.45 bits per heavy atom. The van der Waals surface area contributed by atoms with Crippen LogP contribution in [0.5, 0.6) is 5.75 Å². The van der Waals surface area contributed by atoms with Gasteiger partial charge in [-0.2, -0.15) is 5.10 Å². The van der Waals surface area contributed by atoms with Crippen molar-refractivity contribution in [3.8, 4) is 5.75 Å². The van der Waals surface area contributed by atoms with Crippen molar-refractivity contribution in [3.05, 3.63) is 120 Å². The molecule has 1 fully saturated rings. The number of nitrogens with one attached hydrogen (secondary N) is 1. The van der Waals surface area contributed by atoms with Crippen LogP contribution in [0.2, 0.25) is 0 Å². The topological polar surface area (TPSA) is 57.2 Å². The highest BCUT2D eigenvalue weighted by molar-refractivity contribution is 6.13. The molecule has 1 amide bonds. The molecule has 1 saturated heterocycles. The van der Waals surface area contributed by atoms with Crippen molar-refractivity contribution in [1.82, 2.24) is 10.3 Å². The average Bonchev–Trinajstić information content (AvgIpc) is 3.01. The van der Waals surface area contributed by atoms with Gasteiger partial charge in [0, 0.05) is 43.9 Å². The molecule has 1 heterocycles. The van der Waals surface area contributed by atoms with Gasteiger partial charge in [0.15, 0.2) is 0 Å². The molecule has 0 spiro atoms. The molecule has 5 aromatic carbocycles. The van der Waals surface area contributed by atoms with E-state index in [9.17, 15) is 4.79 Å². The quantitative estimate of drug-likeness (QED) is 0.158. The number of hydrogen-bond acceptors (Lipinski definition) is 5. The number of carbonyl (C=O) groups is 1. The van der Waals surface area contributed by atoms with Gasteiger partial charge in [-0.05, 0) is 57.4 Å². The van der Waals surface area contributed by atoms with Gasteiger partial charge in [-0.15, -0.1) is 0 Å². The van der Waals surface area contributed by atoms with E-state index >= 15 is 0 Å². The molecule has 0 bridgehead atoms. The van der Waals surface area contributed by atoms with Gasteiger partial charge < -0.3 is 9.64 Å². The second-order valence-corrected chi connectivity index (χ2v) is 10.1. The number of amides is 1. The highest BCUT2D eigenvalue weighted by atomic mass is 16.5. The maximum atomic E-state index is 12.8. The van der Waals surface area contributed by atoms with Gasteiger partial charge in [-0.25, -0.2) is 5.43 Å². The summed E-state index contributed by atoms with van der Waals surface area (Å²) >= 11 is 0. The fraction of sp³-hybridized carbons (Fsp3) is 0.176. The standard InChI is InChI=1S/C34H32N4O2/c1-40-33-13-7-6-12-32(33)38-20-18-37(19-21-38)24-25-14-16-26(17-15-25)34(39)36-35-23-31-29-10-4-2-8-27(29)22-28-9-3-5-11-30(28)31/h2-17,22-23H,18-21,24H2,1H3,(H,36,39)/b35-23+. The van der Waals surface area contributed by atoms with Gasteiger partial charge in [0.05, 0.1) is 19.0 Å². The summed E-state index contributed by atoms with van der Waals surface area (Å²) in [4.78, 5) is 17.7. The third-order valence-corrected chi connectivity index (χ3v) is 7.59. The molecule has 0 aliphatic carbocycles. The number of rotatable bonds is 7. The van der Waals surface area contributed by atoms with Gasteiger partial charge in [0.2, 0.25) is 0 Å². The molecule has 0 unspecified atom stereocenters. The van der Waals surface area contributed by atoms with Crippen LogP contribution >= 0.6 is 0 Å². The molecule has 0 aromatic heterocycles. The number of hydrogen-bond donors (Lipinski definition) is 1. The van der Waals surface area contributed by atoms with Crippen LogP contribution in [-0.2, 0) is 6.54 Å². The lowest BCUT2D eigenvalue weighted by molar-refractivity contribution is 0.0955. The number of piperazine rings is 1. The summed E-state index contributed by atoms with van der Waals surface area (Å²) in [5, 5.41) is 8.83. The normalized spacial score (nSPS) is 14.2. The van der Waals surface area contributed by atoms with Crippen LogP contribution < -0.4 is 15.1 Å². The number of hydrazone groups is 1. The smallest absolute Gasteiger partial charge is 0.271 e. The van der Waals surface area contributed by atoms with Crippen LogP contribution in [0.4, 0.5) is 5.69 Å². The van der Waals surface area contributed by atoms with Crippen molar-refractivity contribution in [1.29, 1.82) is 0 Å². The van der Waals surface area contributed by atoms with Crippen LogP contribution in [0.15, 0.2) is 108 Å². The Morgan fingerprint density at radius 3 is 2.12 bits per heavy atom. The van der Waals surface area contributed by atoms with E-state index < -0.39 is 0 Å². The first kappa shape index (κ1) is 25.6. The molecular weight excluding hydrogens is 496 g/mol. The Labute approximate surface area is 234 Å². The first-order chi connectivity index (χ1) is 19.7. The van der Waals surface area contributed by atoms with Gasteiger partial charge in [0.1, 0.15) is 5.75 Å². The van der Waals surface area contributed by atoms with Crippen molar-refractivity contribution < 1.29 is 9.53 Å². The summed E-state index contributed by atoms with van der Waals surface area (Å²) in [6, 6.07) is 34.7. The zero-order chi connectivity index (χ0) is 27.3. The fourth-order valence-electron chi connectivity index (χ4n) is 5.47. The van der Waals surface area contributed by atoms with Crippen LogP contribution in [0.3, 0.4) is 0 Å². The summed E-state index contributed by atoms with van der Waals surface area (Å²) in [6.45, 7) is 4.69. The van der Waals surface area contributed by atoms with E-state index in [1.165, 1.54) is 5.56 Å². The SMILES string of the molecule is COc1ccccc1N1CCN(Cc2ccc(C(=O)N/N=C/c3c4ccccc4cc4ccccc34)cc2)CC1. The van der Waals surface area contributed by atoms with Crippen LogP contribution in [0.25, 0.3) is 21.5 Å². The second-order valence-electron chi connectivity index (χ2n) is 10.1. The first-order valence-corrected chi connectivity index (χ1v) is 13.6. The summed E-state index contributed by atoms with van der Waals surface area (Å²) in [7, 11) is 1.72. The van der Waals surface area contributed by atoms with Gasteiger partial charge in [-0.1, -0.05) is 72.8 Å². The number of methoxy groups -OCH3 is 1. The van der Waals surface area contributed by atoms with E-state index in [1.807, 2.05) is 60.7 Å². The van der Waals surface area contributed by atoms with Crippen molar-refractivity contribution in [2.24, 2.45) is 5.10 Å². The largest absolute Gasteiger partial charge is 0.495 e. The van der Waals surface area contributed by atoms with Crippen molar-refractivity contribution >= 4 is 39.4 Å². The second kappa shape index (κ2) is 11.6. The maximum absolute atomic E-state index is 12.8. The molecule has 6 heteroatoms. The number of benzene rings is 5. The molecule has 0 atom stereocenters. The minimum atomic E-state index is -0.224. The molecule has 1 aliphatic heterocycles. The molecule has 1 aliphatic rings. The number of fused-ring (bicyclic) bond motifs is 2. The Balaban J connectivity index is 1.07. The van der Waals surface area contributed by atoms with E-state index in [2.05, 4.69) is 62.8 Å². The lowest BCUT2D eigenvalue weighted by Gasteiger charge is -2.36. The minimum absolute atomic E-state index is 0.224. The van der Waals surface area contributed by atoms with Crippen molar-refractivity contribution in [2.45, 2.75) is 6.54 Å². The van der Waals surface area contributed by atoms with Crippen molar-refractivity contribution in [3.63, 3.8) is 0 Å². The lowest BCUT2D eigenvalue weighted by atomic mass is 9.97. The monoisotopic (exact) mass is 528 g/mol.